The maximum Gasteiger partial charge on any atom is 0.226 e. The average Bonchev–Trinajstić information content (AvgIpc) is 2.98. The van der Waals surface area contributed by atoms with E-state index in [2.05, 4.69) is 5.32 Å². The predicted molar refractivity (Wildman–Crippen MR) is 78.0 cm³/mol. The van der Waals surface area contributed by atoms with E-state index in [1.54, 1.807) is 12.1 Å². The van der Waals surface area contributed by atoms with Gasteiger partial charge in [-0.3, -0.25) is 4.79 Å². The summed E-state index contributed by atoms with van der Waals surface area (Å²) in [5, 5.41) is 3.33. The molecule has 1 aliphatic heterocycles. The molecule has 3 unspecified atom stereocenters. The zero-order chi connectivity index (χ0) is 14.4. The highest BCUT2D eigenvalue weighted by Gasteiger charge is 2.58. The van der Waals surface area contributed by atoms with Gasteiger partial charge in [0.25, 0.3) is 0 Å². The number of halogens is 1. The minimum Gasteiger partial charge on any atom is -0.333 e. The first-order valence-electron chi connectivity index (χ1n) is 8.02. The lowest BCUT2D eigenvalue weighted by Crippen LogP contribution is -2.49. The topological polar surface area (TPSA) is 32.3 Å². The molecule has 4 heteroatoms. The fraction of sp³-hybridized carbons (Fsp3) is 0.588. The largest absolute Gasteiger partial charge is 0.333 e. The van der Waals surface area contributed by atoms with Crippen LogP contribution in [-0.4, -0.2) is 30.4 Å². The molecule has 0 bridgehead atoms. The quantitative estimate of drug-likeness (QED) is 0.906. The minimum atomic E-state index is -0.228. The van der Waals surface area contributed by atoms with Crippen LogP contribution < -0.4 is 5.32 Å². The van der Waals surface area contributed by atoms with Crippen molar-refractivity contribution in [1.29, 1.82) is 0 Å². The molecule has 0 aromatic heterocycles. The van der Waals surface area contributed by atoms with Gasteiger partial charge in [0.2, 0.25) is 5.91 Å². The van der Waals surface area contributed by atoms with Crippen LogP contribution in [0.4, 0.5) is 4.39 Å². The van der Waals surface area contributed by atoms with Crippen molar-refractivity contribution in [2.75, 3.05) is 19.6 Å². The van der Waals surface area contributed by atoms with Crippen molar-refractivity contribution < 1.29 is 9.18 Å². The van der Waals surface area contributed by atoms with E-state index in [4.69, 9.17) is 0 Å². The molecule has 0 radical (unpaired) electrons. The van der Waals surface area contributed by atoms with E-state index < -0.39 is 0 Å². The molecule has 4 rings (SSSR count). The van der Waals surface area contributed by atoms with Gasteiger partial charge in [0.05, 0.1) is 6.04 Å². The number of hydrogen-bond acceptors (Lipinski definition) is 2. The smallest absolute Gasteiger partial charge is 0.226 e. The van der Waals surface area contributed by atoms with Crippen molar-refractivity contribution in [3.8, 4) is 0 Å². The van der Waals surface area contributed by atoms with Gasteiger partial charge < -0.3 is 10.2 Å². The molecule has 3 aliphatic rings. The SMILES string of the molecule is O=C(C1C2CCCC21)N1CCNCC1c1cccc(F)c1. The summed E-state index contributed by atoms with van der Waals surface area (Å²) in [5.41, 5.74) is 0.904. The second-order valence-electron chi connectivity index (χ2n) is 6.59. The number of nitrogens with zero attached hydrogens (tertiary/aromatic N) is 1. The third-order valence-corrected chi connectivity index (χ3v) is 5.45. The van der Waals surface area contributed by atoms with Gasteiger partial charge in [0.15, 0.2) is 0 Å². The molecule has 2 aliphatic carbocycles. The normalized spacial score (nSPS) is 34.6. The van der Waals surface area contributed by atoms with E-state index in [1.807, 2.05) is 11.0 Å². The van der Waals surface area contributed by atoms with Crippen molar-refractivity contribution in [3.05, 3.63) is 35.6 Å². The molecule has 3 atom stereocenters. The van der Waals surface area contributed by atoms with Gasteiger partial charge in [0, 0.05) is 25.6 Å². The van der Waals surface area contributed by atoms with Crippen molar-refractivity contribution in [1.82, 2.24) is 10.2 Å². The van der Waals surface area contributed by atoms with Crippen molar-refractivity contribution in [2.45, 2.75) is 25.3 Å². The van der Waals surface area contributed by atoms with Crippen LogP contribution >= 0.6 is 0 Å². The highest BCUT2D eigenvalue weighted by Crippen LogP contribution is 2.58. The Hall–Kier alpha value is -1.42. The van der Waals surface area contributed by atoms with Crippen LogP contribution in [0.3, 0.4) is 0 Å². The Kier molecular flexibility index (Phi) is 3.21. The van der Waals surface area contributed by atoms with Gasteiger partial charge in [-0.25, -0.2) is 4.39 Å². The van der Waals surface area contributed by atoms with Gasteiger partial charge in [0.1, 0.15) is 5.82 Å². The first-order chi connectivity index (χ1) is 10.3. The summed E-state index contributed by atoms with van der Waals surface area (Å²) >= 11 is 0. The lowest BCUT2D eigenvalue weighted by atomic mass is 10.0. The van der Waals surface area contributed by atoms with Crippen LogP contribution in [0.2, 0.25) is 0 Å². The summed E-state index contributed by atoms with van der Waals surface area (Å²) in [6, 6.07) is 6.65. The Morgan fingerprint density at radius 3 is 2.86 bits per heavy atom. The Bertz CT molecular complexity index is 551. The van der Waals surface area contributed by atoms with Gasteiger partial charge in [-0.1, -0.05) is 18.6 Å². The predicted octanol–water partition coefficient (Wildman–Crippen LogP) is 2.34. The number of nitrogens with one attached hydrogen (secondary N) is 1. The van der Waals surface area contributed by atoms with Crippen molar-refractivity contribution >= 4 is 5.91 Å². The Labute approximate surface area is 124 Å². The van der Waals surface area contributed by atoms with E-state index in [-0.39, 0.29) is 17.8 Å². The molecule has 1 amide bonds. The monoisotopic (exact) mass is 288 g/mol. The molecule has 1 N–H and O–H groups in total. The highest BCUT2D eigenvalue weighted by atomic mass is 19.1. The first kappa shape index (κ1) is 13.3. The standard InChI is InChI=1S/C17H21FN2O/c18-12-4-1-3-11(9-12)15-10-19-7-8-20(15)17(21)16-13-5-2-6-14(13)16/h1,3-4,9,13-16,19H,2,5-8,10H2. The molecule has 1 heterocycles. The summed E-state index contributed by atoms with van der Waals surface area (Å²) in [5.74, 6) is 1.61. The van der Waals surface area contributed by atoms with Gasteiger partial charge in [-0.2, -0.15) is 0 Å². The number of carbonyl (C=O) groups is 1. The fourth-order valence-corrected chi connectivity index (χ4v) is 4.36. The molecule has 1 aromatic rings. The van der Waals surface area contributed by atoms with Crippen LogP contribution in [0, 0.1) is 23.6 Å². The molecule has 3 nitrogen and oxygen atoms in total. The van der Waals surface area contributed by atoms with Gasteiger partial charge in [-0.05, 0) is 42.4 Å². The zero-order valence-electron chi connectivity index (χ0n) is 12.1. The zero-order valence-corrected chi connectivity index (χ0v) is 12.1. The average molecular weight is 288 g/mol. The van der Waals surface area contributed by atoms with Gasteiger partial charge >= 0.3 is 0 Å². The second-order valence-corrected chi connectivity index (χ2v) is 6.59. The number of carbonyl (C=O) groups excluding carboxylic acids is 1. The van der Waals surface area contributed by atoms with Crippen LogP contribution in [0.25, 0.3) is 0 Å². The molecule has 112 valence electrons. The Balaban J connectivity index is 1.55. The molecular formula is C17H21FN2O. The summed E-state index contributed by atoms with van der Waals surface area (Å²) in [7, 11) is 0. The number of hydrogen-bond donors (Lipinski definition) is 1. The molecule has 1 saturated heterocycles. The number of benzene rings is 1. The van der Waals surface area contributed by atoms with E-state index in [1.165, 1.54) is 25.3 Å². The Morgan fingerprint density at radius 1 is 1.29 bits per heavy atom. The number of piperazine rings is 1. The first-order valence-corrected chi connectivity index (χ1v) is 8.02. The van der Waals surface area contributed by atoms with Crippen LogP contribution in [-0.2, 0) is 4.79 Å². The minimum absolute atomic E-state index is 0.0247. The molecular weight excluding hydrogens is 267 g/mol. The van der Waals surface area contributed by atoms with Crippen LogP contribution in [0.15, 0.2) is 24.3 Å². The lowest BCUT2D eigenvalue weighted by molar-refractivity contribution is -0.136. The van der Waals surface area contributed by atoms with Crippen LogP contribution in [0.1, 0.15) is 30.9 Å². The molecule has 1 aromatic carbocycles. The van der Waals surface area contributed by atoms with Crippen LogP contribution in [0.5, 0.6) is 0 Å². The lowest BCUT2D eigenvalue weighted by Gasteiger charge is -2.37. The summed E-state index contributed by atoms with van der Waals surface area (Å²) in [4.78, 5) is 14.8. The third kappa shape index (κ3) is 2.26. The summed E-state index contributed by atoms with van der Waals surface area (Å²) in [6.07, 6.45) is 3.73. The maximum atomic E-state index is 13.5. The van der Waals surface area contributed by atoms with Crippen molar-refractivity contribution in [2.24, 2.45) is 17.8 Å². The number of rotatable bonds is 2. The number of amides is 1. The number of fused-ring (bicyclic) bond motifs is 1. The molecule has 21 heavy (non-hydrogen) atoms. The molecule has 0 spiro atoms. The second kappa shape index (κ2) is 5.09. The third-order valence-electron chi connectivity index (χ3n) is 5.45. The maximum absolute atomic E-state index is 13.5. The fourth-order valence-electron chi connectivity index (χ4n) is 4.36. The van der Waals surface area contributed by atoms with E-state index in [0.29, 0.717) is 17.7 Å². The highest BCUT2D eigenvalue weighted by molar-refractivity contribution is 5.83. The molecule has 3 fully saturated rings. The van der Waals surface area contributed by atoms with E-state index in [0.717, 1.165) is 25.2 Å². The van der Waals surface area contributed by atoms with E-state index >= 15 is 0 Å². The van der Waals surface area contributed by atoms with Gasteiger partial charge in [-0.15, -0.1) is 0 Å². The summed E-state index contributed by atoms with van der Waals surface area (Å²) < 4.78 is 13.5. The van der Waals surface area contributed by atoms with E-state index in [9.17, 15) is 9.18 Å². The summed E-state index contributed by atoms with van der Waals surface area (Å²) in [6.45, 7) is 2.28. The Morgan fingerprint density at radius 2 is 2.10 bits per heavy atom. The molecule has 2 saturated carbocycles. The van der Waals surface area contributed by atoms with Crippen molar-refractivity contribution in [3.63, 3.8) is 0 Å².